The molecule has 0 aliphatic carbocycles. The number of hydrogen-bond acceptors (Lipinski definition) is 4. The predicted octanol–water partition coefficient (Wildman–Crippen LogP) is 5.29. The number of thiophene rings is 1. The summed E-state index contributed by atoms with van der Waals surface area (Å²) < 4.78 is 11.2. The van der Waals surface area contributed by atoms with Gasteiger partial charge in [0.05, 0.1) is 11.5 Å². The molecule has 1 aromatic heterocycles. The molecule has 4 nitrogen and oxygen atoms in total. The molecule has 2 aromatic carbocycles. The Bertz CT molecular complexity index is 960. The Balaban J connectivity index is 1.52. The third-order valence-corrected chi connectivity index (χ3v) is 6.68. The Hall–Kier alpha value is -2.63. The van der Waals surface area contributed by atoms with Crippen LogP contribution < -0.4 is 10.1 Å². The van der Waals surface area contributed by atoms with E-state index >= 15 is 0 Å². The van der Waals surface area contributed by atoms with E-state index in [0.717, 1.165) is 34.6 Å². The minimum Gasteiger partial charge on any atom is -0.494 e. The van der Waals surface area contributed by atoms with E-state index in [1.807, 2.05) is 60.8 Å². The monoisotopic (exact) mass is 421 g/mol. The first kappa shape index (κ1) is 20.6. The van der Waals surface area contributed by atoms with Gasteiger partial charge in [-0.3, -0.25) is 4.79 Å². The van der Waals surface area contributed by atoms with Crippen LogP contribution in [0.4, 0.5) is 0 Å². The zero-order valence-corrected chi connectivity index (χ0v) is 18.0. The Morgan fingerprint density at radius 3 is 2.50 bits per heavy atom. The first-order valence-electron chi connectivity index (χ1n) is 10.4. The highest BCUT2D eigenvalue weighted by Crippen LogP contribution is 2.36. The second kappa shape index (κ2) is 9.45. The lowest BCUT2D eigenvalue weighted by Crippen LogP contribution is -2.44. The molecule has 1 amide bonds. The lowest BCUT2D eigenvalue weighted by Gasteiger charge is -2.38. The van der Waals surface area contributed by atoms with Crippen LogP contribution in [0.5, 0.6) is 5.75 Å². The Morgan fingerprint density at radius 1 is 1.07 bits per heavy atom. The van der Waals surface area contributed by atoms with Crippen LogP contribution in [-0.4, -0.2) is 32.3 Å². The van der Waals surface area contributed by atoms with Crippen molar-refractivity contribution in [3.05, 3.63) is 76.5 Å². The van der Waals surface area contributed by atoms with Crippen molar-refractivity contribution in [1.29, 1.82) is 0 Å². The van der Waals surface area contributed by atoms with Crippen LogP contribution in [0.1, 0.15) is 35.0 Å². The summed E-state index contributed by atoms with van der Waals surface area (Å²) in [4.78, 5) is 13.9. The fourth-order valence-electron chi connectivity index (χ4n) is 4.06. The Morgan fingerprint density at radius 2 is 1.80 bits per heavy atom. The SMILES string of the molecule is CCOc1ccc(C2(CNC(=O)c3sccc3-c3ccccc3)CCOCC2)cc1. The molecule has 1 saturated heterocycles. The molecule has 0 saturated carbocycles. The van der Waals surface area contributed by atoms with Crippen LogP contribution in [0.25, 0.3) is 11.1 Å². The van der Waals surface area contributed by atoms with Crippen molar-refractivity contribution in [3.8, 4) is 16.9 Å². The van der Waals surface area contributed by atoms with Gasteiger partial charge in [0, 0.05) is 30.7 Å². The smallest absolute Gasteiger partial charge is 0.262 e. The van der Waals surface area contributed by atoms with Crippen LogP contribution in [0.2, 0.25) is 0 Å². The molecular formula is C25H27NO3S. The van der Waals surface area contributed by atoms with Crippen LogP contribution in [0, 0.1) is 0 Å². The minimum atomic E-state index is -0.122. The van der Waals surface area contributed by atoms with Crippen molar-refractivity contribution in [2.75, 3.05) is 26.4 Å². The van der Waals surface area contributed by atoms with E-state index in [2.05, 4.69) is 17.4 Å². The Kier molecular flexibility index (Phi) is 6.50. The van der Waals surface area contributed by atoms with Crippen LogP contribution in [-0.2, 0) is 10.2 Å². The summed E-state index contributed by atoms with van der Waals surface area (Å²) in [6, 6.07) is 20.4. The maximum atomic E-state index is 13.1. The average Bonchev–Trinajstić information content (AvgIpc) is 3.30. The normalized spacial score (nSPS) is 15.5. The number of benzene rings is 2. The summed E-state index contributed by atoms with van der Waals surface area (Å²) in [5.74, 6) is 0.860. The van der Waals surface area contributed by atoms with Gasteiger partial charge in [-0.05, 0) is 54.5 Å². The summed E-state index contributed by atoms with van der Waals surface area (Å²) in [5.41, 5.74) is 3.16. The highest BCUT2D eigenvalue weighted by molar-refractivity contribution is 7.12. The average molecular weight is 422 g/mol. The Labute approximate surface area is 181 Å². The topological polar surface area (TPSA) is 47.6 Å². The van der Waals surface area contributed by atoms with Crippen molar-refractivity contribution in [2.45, 2.75) is 25.2 Å². The standard InChI is InChI=1S/C25H27NO3S/c1-2-29-21-10-8-20(9-11-21)25(13-15-28-16-14-25)18-26-24(27)23-22(12-17-30-23)19-6-4-3-5-7-19/h3-12,17H,2,13-16,18H2,1H3,(H,26,27). The van der Waals surface area contributed by atoms with Gasteiger partial charge in [-0.2, -0.15) is 0 Å². The summed E-state index contributed by atoms with van der Waals surface area (Å²) >= 11 is 1.49. The minimum absolute atomic E-state index is 0.0133. The number of carbonyl (C=O) groups is 1. The van der Waals surface area contributed by atoms with Gasteiger partial charge >= 0.3 is 0 Å². The predicted molar refractivity (Wildman–Crippen MR) is 121 cm³/mol. The van der Waals surface area contributed by atoms with Gasteiger partial charge in [0.25, 0.3) is 5.91 Å². The molecule has 4 rings (SSSR count). The largest absolute Gasteiger partial charge is 0.494 e. The second-order valence-electron chi connectivity index (χ2n) is 7.56. The third-order valence-electron chi connectivity index (χ3n) is 5.77. The molecule has 0 unspecified atom stereocenters. The zero-order chi connectivity index (χ0) is 20.8. The molecule has 0 bridgehead atoms. The molecule has 156 valence electrons. The first-order valence-corrected chi connectivity index (χ1v) is 11.3. The molecule has 1 aliphatic rings. The summed E-state index contributed by atoms with van der Waals surface area (Å²) in [7, 11) is 0. The molecule has 2 heterocycles. The molecule has 0 spiro atoms. The molecule has 0 radical (unpaired) electrons. The van der Waals surface area contributed by atoms with Gasteiger partial charge in [0.1, 0.15) is 5.75 Å². The van der Waals surface area contributed by atoms with E-state index in [0.29, 0.717) is 26.4 Å². The zero-order valence-electron chi connectivity index (χ0n) is 17.2. The number of ether oxygens (including phenoxy) is 2. The molecule has 1 N–H and O–H groups in total. The first-order chi connectivity index (χ1) is 14.7. The van der Waals surface area contributed by atoms with E-state index in [1.165, 1.54) is 16.9 Å². The fourth-order valence-corrected chi connectivity index (χ4v) is 4.89. The number of carbonyl (C=O) groups excluding carboxylic acids is 1. The second-order valence-corrected chi connectivity index (χ2v) is 8.48. The maximum Gasteiger partial charge on any atom is 0.262 e. The van der Waals surface area contributed by atoms with Crippen molar-refractivity contribution in [3.63, 3.8) is 0 Å². The van der Waals surface area contributed by atoms with Crippen molar-refractivity contribution >= 4 is 17.2 Å². The fraction of sp³-hybridized carbons (Fsp3) is 0.320. The maximum absolute atomic E-state index is 13.1. The van der Waals surface area contributed by atoms with Crippen LogP contribution >= 0.6 is 11.3 Å². The highest BCUT2D eigenvalue weighted by atomic mass is 32.1. The molecule has 3 aromatic rings. The number of rotatable bonds is 7. The van der Waals surface area contributed by atoms with Crippen molar-refractivity contribution in [1.82, 2.24) is 5.32 Å². The third kappa shape index (κ3) is 4.42. The molecule has 1 aliphatic heterocycles. The van der Waals surface area contributed by atoms with E-state index < -0.39 is 0 Å². The quantitative estimate of drug-likeness (QED) is 0.564. The number of nitrogens with one attached hydrogen (secondary N) is 1. The van der Waals surface area contributed by atoms with E-state index in [-0.39, 0.29) is 11.3 Å². The van der Waals surface area contributed by atoms with Gasteiger partial charge in [-0.15, -0.1) is 11.3 Å². The molecular weight excluding hydrogens is 394 g/mol. The number of hydrogen-bond donors (Lipinski definition) is 1. The molecule has 5 heteroatoms. The van der Waals surface area contributed by atoms with Gasteiger partial charge in [0.2, 0.25) is 0 Å². The van der Waals surface area contributed by atoms with Gasteiger partial charge in [0.15, 0.2) is 0 Å². The summed E-state index contributed by atoms with van der Waals surface area (Å²) in [6.45, 7) is 4.64. The lowest BCUT2D eigenvalue weighted by atomic mass is 9.74. The van der Waals surface area contributed by atoms with Crippen LogP contribution in [0.3, 0.4) is 0 Å². The van der Waals surface area contributed by atoms with Gasteiger partial charge < -0.3 is 14.8 Å². The lowest BCUT2D eigenvalue weighted by molar-refractivity contribution is 0.0487. The van der Waals surface area contributed by atoms with Gasteiger partial charge in [-0.25, -0.2) is 0 Å². The van der Waals surface area contributed by atoms with E-state index in [9.17, 15) is 4.79 Å². The molecule has 30 heavy (non-hydrogen) atoms. The molecule has 0 atom stereocenters. The van der Waals surface area contributed by atoms with Crippen LogP contribution in [0.15, 0.2) is 66.0 Å². The summed E-state index contributed by atoms with van der Waals surface area (Å²) in [5, 5.41) is 5.21. The van der Waals surface area contributed by atoms with Crippen molar-refractivity contribution < 1.29 is 14.3 Å². The number of amides is 1. The summed E-state index contributed by atoms with van der Waals surface area (Å²) in [6.07, 6.45) is 1.77. The van der Waals surface area contributed by atoms with Crippen molar-refractivity contribution in [2.24, 2.45) is 0 Å². The molecule has 1 fully saturated rings. The van der Waals surface area contributed by atoms with E-state index in [1.54, 1.807) is 0 Å². The highest BCUT2D eigenvalue weighted by Gasteiger charge is 2.35. The van der Waals surface area contributed by atoms with Gasteiger partial charge in [-0.1, -0.05) is 42.5 Å². The van der Waals surface area contributed by atoms with E-state index in [4.69, 9.17) is 9.47 Å².